The standard InChI is InChI=1S/C6H13N2O/c1-5-7-9-8(3,4)6-2/h5-7H,1-2H2,3-4H3/q+1. The molecule has 0 aromatic carbocycles. The lowest BCUT2D eigenvalue weighted by Gasteiger charge is -2.19. The number of quaternary nitrogens is 1. The van der Waals surface area contributed by atoms with Gasteiger partial charge in [0.1, 0.15) is 20.3 Å². The van der Waals surface area contributed by atoms with Gasteiger partial charge >= 0.3 is 0 Å². The first-order chi connectivity index (χ1) is 4.12. The van der Waals surface area contributed by atoms with Gasteiger partial charge in [-0.25, -0.2) is 5.48 Å². The Morgan fingerprint density at radius 2 is 2.00 bits per heavy atom. The van der Waals surface area contributed by atoms with Crippen LogP contribution < -0.4 is 5.48 Å². The molecule has 0 atom stereocenters. The minimum atomic E-state index is 0.256. The highest BCUT2D eigenvalue weighted by Crippen LogP contribution is 1.94. The van der Waals surface area contributed by atoms with Crippen LogP contribution in [-0.2, 0) is 4.94 Å². The molecule has 0 heterocycles. The fourth-order valence-electron chi connectivity index (χ4n) is 0.210. The maximum Gasteiger partial charge on any atom is 0.123 e. The molecule has 1 N–H and O–H groups in total. The molecular formula is C6H13N2O+. The second kappa shape index (κ2) is 3.27. The zero-order valence-corrected chi connectivity index (χ0v) is 5.92. The molecule has 3 nitrogen and oxygen atoms in total. The normalized spacial score (nSPS) is 10.4. The van der Waals surface area contributed by atoms with Crippen molar-refractivity contribution < 1.29 is 9.58 Å². The number of nitrogens with one attached hydrogen (secondary N) is 1. The monoisotopic (exact) mass is 129 g/mol. The number of nitrogens with zero attached hydrogens (tertiary/aromatic N) is 1. The van der Waals surface area contributed by atoms with Crippen molar-refractivity contribution in [3.05, 3.63) is 25.6 Å². The molecule has 0 aliphatic carbocycles. The van der Waals surface area contributed by atoms with Gasteiger partial charge in [0, 0.05) is 6.20 Å². The Kier molecular flexibility index (Phi) is 2.98. The van der Waals surface area contributed by atoms with E-state index in [4.69, 9.17) is 4.94 Å². The van der Waals surface area contributed by atoms with Crippen LogP contribution in [0, 0.1) is 0 Å². The van der Waals surface area contributed by atoms with Crippen LogP contribution in [0.2, 0.25) is 0 Å². The van der Waals surface area contributed by atoms with Crippen LogP contribution in [0.25, 0.3) is 0 Å². The molecule has 0 fully saturated rings. The zero-order chi connectivity index (χ0) is 7.33. The fourth-order valence-corrected chi connectivity index (χ4v) is 0.210. The molecule has 0 bridgehead atoms. The van der Waals surface area contributed by atoms with Gasteiger partial charge in [0.2, 0.25) is 0 Å². The average molecular weight is 129 g/mol. The molecule has 0 saturated carbocycles. The first-order valence-corrected chi connectivity index (χ1v) is 2.64. The van der Waals surface area contributed by atoms with Crippen molar-refractivity contribution in [2.75, 3.05) is 14.1 Å². The summed E-state index contributed by atoms with van der Waals surface area (Å²) < 4.78 is 0.256. The molecule has 0 spiro atoms. The minimum absolute atomic E-state index is 0.256. The van der Waals surface area contributed by atoms with Gasteiger partial charge in [0.05, 0.1) is 0 Å². The van der Waals surface area contributed by atoms with Crippen molar-refractivity contribution in [2.45, 2.75) is 0 Å². The van der Waals surface area contributed by atoms with Crippen molar-refractivity contribution >= 4 is 0 Å². The summed E-state index contributed by atoms with van der Waals surface area (Å²) in [6, 6.07) is 0. The van der Waals surface area contributed by atoms with Crippen molar-refractivity contribution in [3.63, 3.8) is 0 Å². The lowest BCUT2D eigenvalue weighted by Crippen LogP contribution is -2.37. The van der Waals surface area contributed by atoms with E-state index in [1.54, 1.807) is 6.20 Å². The van der Waals surface area contributed by atoms with Gasteiger partial charge in [-0.05, 0) is 6.58 Å². The lowest BCUT2D eigenvalue weighted by atomic mass is 10.8. The van der Waals surface area contributed by atoms with E-state index in [0.717, 1.165) is 0 Å². The van der Waals surface area contributed by atoms with Gasteiger partial charge in [-0.15, -0.1) is 4.65 Å². The van der Waals surface area contributed by atoms with E-state index in [0.29, 0.717) is 0 Å². The Balaban J connectivity index is 3.57. The topological polar surface area (TPSA) is 21.3 Å². The summed E-state index contributed by atoms with van der Waals surface area (Å²) in [5.74, 6) is 0. The Hall–Kier alpha value is -0.800. The Labute approximate surface area is 55.7 Å². The van der Waals surface area contributed by atoms with Crippen LogP contribution in [0.4, 0.5) is 0 Å². The fraction of sp³-hybridized carbons (Fsp3) is 0.333. The van der Waals surface area contributed by atoms with Gasteiger partial charge in [0.25, 0.3) is 0 Å². The molecule has 0 unspecified atom stereocenters. The van der Waals surface area contributed by atoms with Crippen LogP contribution in [0.1, 0.15) is 0 Å². The van der Waals surface area contributed by atoms with E-state index in [1.165, 1.54) is 6.20 Å². The summed E-state index contributed by atoms with van der Waals surface area (Å²) in [7, 11) is 3.67. The molecule has 0 saturated heterocycles. The smallest absolute Gasteiger partial charge is 0.123 e. The summed E-state index contributed by atoms with van der Waals surface area (Å²) in [4.78, 5) is 4.98. The van der Waals surface area contributed by atoms with Gasteiger partial charge in [0.15, 0.2) is 0 Å². The van der Waals surface area contributed by atoms with Crippen LogP contribution in [0.15, 0.2) is 25.6 Å². The van der Waals surface area contributed by atoms with Gasteiger partial charge in [-0.2, -0.15) is 0 Å². The predicted octanol–water partition coefficient (Wildman–Crippen LogP) is 0.786. The highest BCUT2D eigenvalue weighted by Gasteiger charge is 2.09. The van der Waals surface area contributed by atoms with Gasteiger partial charge in [-0.1, -0.05) is 11.5 Å². The molecule has 9 heavy (non-hydrogen) atoms. The van der Waals surface area contributed by atoms with Gasteiger partial charge < -0.3 is 0 Å². The molecule has 0 rings (SSSR count). The number of hydrogen-bond donors (Lipinski definition) is 1. The largest absolute Gasteiger partial charge is 0.222 e. The predicted molar refractivity (Wildman–Crippen MR) is 36.7 cm³/mol. The third kappa shape index (κ3) is 3.76. The quantitative estimate of drug-likeness (QED) is 0.447. The molecule has 0 aliphatic rings. The zero-order valence-electron chi connectivity index (χ0n) is 5.92. The van der Waals surface area contributed by atoms with Crippen LogP contribution >= 0.6 is 0 Å². The maximum absolute atomic E-state index is 4.98. The number of hydrogen-bond acceptors (Lipinski definition) is 2. The third-order valence-corrected chi connectivity index (χ3v) is 0.811. The highest BCUT2D eigenvalue weighted by atomic mass is 16.8. The maximum atomic E-state index is 4.98. The number of hydroxylamine groups is 4. The van der Waals surface area contributed by atoms with E-state index in [9.17, 15) is 0 Å². The Morgan fingerprint density at radius 3 is 2.33 bits per heavy atom. The van der Waals surface area contributed by atoms with Crippen molar-refractivity contribution in [1.29, 1.82) is 0 Å². The molecular weight excluding hydrogens is 116 g/mol. The summed E-state index contributed by atoms with van der Waals surface area (Å²) in [5, 5.41) is 0. The molecule has 0 aromatic rings. The van der Waals surface area contributed by atoms with E-state index in [-0.39, 0.29) is 4.65 Å². The second-order valence-electron chi connectivity index (χ2n) is 2.03. The second-order valence-corrected chi connectivity index (χ2v) is 2.03. The molecule has 3 heteroatoms. The number of rotatable bonds is 4. The molecule has 0 amide bonds. The van der Waals surface area contributed by atoms with Crippen molar-refractivity contribution in [2.24, 2.45) is 0 Å². The minimum Gasteiger partial charge on any atom is -0.222 e. The van der Waals surface area contributed by atoms with Crippen molar-refractivity contribution in [1.82, 2.24) is 5.48 Å². The molecule has 52 valence electrons. The molecule has 0 aromatic heterocycles. The first-order valence-electron chi connectivity index (χ1n) is 2.64. The summed E-state index contributed by atoms with van der Waals surface area (Å²) in [5.41, 5.74) is 2.50. The lowest BCUT2D eigenvalue weighted by molar-refractivity contribution is -1.05. The van der Waals surface area contributed by atoms with E-state index >= 15 is 0 Å². The average Bonchev–Trinajstić information content (AvgIpc) is 1.84. The van der Waals surface area contributed by atoms with Crippen molar-refractivity contribution in [3.8, 4) is 0 Å². The van der Waals surface area contributed by atoms with E-state index in [1.807, 2.05) is 14.1 Å². The van der Waals surface area contributed by atoms with E-state index < -0.39 is 0 Å². The van der Waals surface area contributed by atoms with Crippen LogP contribution in [0.5, 0.6) is 0 Å². The van der Waals surface area contributed by atoms with Crippen LogP contribution in [-0.4, -0.2) is 18.7 Å². The summed E-state index contributed by atoms with van der Waals surface area (Å²) in [6.07, 6.45) is 3.11. The third-order valence-electron chi connectivity index (χ3n) is 0.811. The Morgan fingerprint density at radius 1 is 1.44 bits per heavy atom. The molecule has 0 aliphatic heterocycles. The first kappa shape index (κ1) is 8.20. The highest BCUT2D eigenvalue weighted by molar-refractivity contribution is 4.52. The summed E-state index contributed by atoms with van der Waals surface area (Å²) >= 11 is 0. The van der Waals surface area contributed by atoms with E-state index in [2.05, 4.69) is 18.6 Å². The van der Waals surface area contributed by atoms with Crippen LogP contribution in [0.3, 0.4) is 0 Å². The van der Waals surface area contributed by atoms with Gasteiger partial charge in [-0.3, -0.25) is 0 Å². The Bertz CT molecular complexity index is 110. The SMILES string of the molecule is C=CNO[N+](C)(C)C=C. The molecule has 0 radical (unpaired) electrons. The summed E-state index contributed by atoms with van der Waals surface area (Å²) in [6.45, 7) is 6.98.